The van der Waals surface area contributed by atoms with Crippen molar-refractivity contribution in [2.45, 2.75) is 72.6 Å². The van der Waals surface area contributed by atoms with Crippen LogP contribution in [0.4, 0.5) is 27.0 Å². The summed E-state index contributed by atoms with van der Waals surface area (Å²) >= 11 is 0. The van der Waals surface area contributed by atoms with E-state index in [-0.39, 0.29) is 0 Å². The number of rotatable bonds is 8. The Labute approximate surface area is 435 Å². The van der Waals surface area contributed by atoms with Crippen LogP contribution in [0.25, 0.3) is 66.9 Å². The molecule has 0 radical (unpaired) electrons. The van der Waals surface area contributed by atoms with Gasteiger partial charge in [-0.15, -0.1) is 0 Å². The highest BCUT2D eigenvalue weighted by molar-refractivity contribution is 5.93. The fourth-order valence-electron chi connectivity index (χ4n) is 6.95. The highest BCUT2D eigenvalue weighted by Crippen LogP contribution is 2.28. The van der Waals surface area contributed by atoms with Crippen molar-refractivity contribution in [3.05, 3.63) is 145 Å². The number of hydrogen-bond acceptors (Lipinski definition) is 19. The number of carbonyl (C=O) groups is 2. The van der Waals surface area contributed by atoms with Crippen LogP contribution in [0.5, 0.6) is 0 Å². The summed E-state index contributed by atoms with van der Waals surface area (Å²) in [5, 5.41) is 21.2. The van der Waals surface area contributed by atoms with Crippen LogP contribution >= 0.6 is 0 Å². The monoisotopic (exact) mass is 1010 g/mol. The largest absolute Gasteiger partial charge is 0.519 e. The summed E-state index contributed by atoms with van der Waals surface area (Å²) in [6.07, 6.45) is 9.34. The second-order valence-corrected chi connectivity index (χ2v) is 18.3. The molecule has 6 aromatic heterocycles. The number of benzene rings is 3. The van der Waals surface area contributed by atoms with E-state index in [1.54, 1.807) is 97.9 Å². The quantitative estimate of drug-likeness (QED) is 0.0814. The minimum absolute atomic E-state index is 0.503. The summed E-state index contributed by atoms with van der Waals surface area (Å²) in [5.41, 5.74) is 12.5. The third-order valence-corrected chi connectivity index (χ3v) is 10.4. The molecule has 0 bridgehead atoms. The lowest BCUT2D eigenvalue weighted by Crippen LogP contribution is -2.29. The summed E-state index contributed by atoms with van der Waals surface area (Å²) in [6.45, 7) is 12.7. The average Bonchev–Trinajstić information content (AvgIpc) is 3.41. The number of aryl methyl sites for hydroxylation is 1. The maximum atomic E-state index is 11.0. The van der Waals surface area contributed by atoms with Crippen LogP contribution in [0.1, 0.15) is 65.2 Å². The Hall–Kier alpha value is -9.28. The molecule has 0 aliphatic rings. The Bertz CT molecular complexity index is 3260. The molecule has 75 heavy (non-hydrogen) atoms. The zero-order valence-corrected chi connectivity index (χ0v) is 43.6. The molecule has 0 aliphatic heterocycles. The average molecular weight is 1010 g/mol. The van der Waals surface area contributed by atoms with Crippen LogP contribution in [-0.4, -0.2) is 89.5 Å². The Morgan fingerprint density at radius 2 is 0.920 bits per heavy atom. The first-order valence-corrected chi connectivity index (χ1v) is 23.9. The predicted molar refractivity (Wildman–Crippen MR) is 292 cm³/mol. The molecule has 9 aromatic rings. The highest BCUT2D eigenvalue weighted by atomic mass is 16.8. The van der Waals surface area contributed by atoms with Gasteiger partial charge in [-0.25, -0.2) is 39.5 Å². The number of nitrogens with two attached hydrogens (primary N) is 1. The Morgan fingerprint density at radius 1 is 0.547 bits per heavy atom. The Balaban J connectivity index is 0.000000164. The maximum absolute atomic E-state index is 11.0. The van der Waals surface area contributed by atoms with E-state index in [9.17, 15) is 9.59 Å². The zero-order chi connectivity index (χ0) is 54.1. The molecular formula is C56H60N14O5. The van der Waals surface area contributed by atoms with E-state index in [0.717, 1.165) is 73.0 Å². The molecule has 384 valence electrons. The molecule has 19 nitrogen and oxygen atoms in total. The van der Waals surface area contributed by atoms with Crippen LogP contribution in [0, 0.1) is 11.3 Å². The predicted octanol–water partition coefficient (Wildman–Crippen LogP) is 11.0. The number of nitriles is 1. The van der Waals surface area contributed by atoms with Crippen molar-refractivity contribution in [1.82, 2.24) is 44.9 Å². The van der Waals surface area contributed by atoms with E-state index >= 15 is 0 Å². The minimum Gasteiger partial charge on any atom is -0.428 e. The molecule has 0 unspecified atom stereocenters. The molecule has 3 aromatic carbocycles. The number of aromatic nitrogens is 9. The molecular weight excluding hydrogens is 949 g/mol. The number of ether oxygens (including phenoxy) is 3. The van der Waals surface area contributed by atoms with Gasteiger partial charge in [-0.3, -0.25) is 15.0 Å². The van der Waals surface area contributed by atoms with Crippen LogP contribution in [0.2, 0.25) is 0 Å². The molecule has 0 saturated carbocycles. The molecule has 5 N–H and O–H groups in total. The van der Waals surface area contributed by atoms with E-state index in [0.29, 0.717) is 35.4 Å². The fourth-order valence-corrected chi connectivity index (χ4v) is 6.95. The van der Waals surface area contributed by atoms with E-state index in [2.05, 4.69) is 96.7 Å². The number of pyridine rings is 3. The third kappa shape index (κ3) is 15.6. The van der Waals surface area contributed by atoms with Crippen molar-refractivity contribution in [3.8, 4) is 40.2 Å². The first-order valence-electron chi connectivity index (χ1n) is 23.9. The van der Waals surface area contributed by atoms with E-state index in [1.807, 2.05) is 74.8 Å². The molecule has 0 amide bonds. The van der Waals surface area contributed by atoms with Gasteiger partial charge in [0.2, 0.25) is 0 Å². The van der Waals surface area contributed by atoms with Crippen LogP contribution < -0.4 is 21.7 Å². The van der Waals surface area contributed by atoms with Crippen LogP contribution in [0.15, 0.2) is 128 Å². The number of carbonyl (C=O) groups excluding carboxylic acids is 2. The first-order chi connectivity index (χ1) is 35.9. The van der Waals surface area contributed by atoms with Crippen molar-refractivity contribution in [2.75, 3.05) is 37.1 Å². The number of nitrogens with one attached hydrogen (secondary N) is 3. The molecule has 0 atom stereocenters. The maximum Gasteiger partial charge on any atom is 0.519 e. The van der Waals surface area contributed by atoms with Gasteiger partial charge in [0.25, 0.3) is 0 Å². The Kier molecular flexibility index (Phi) is 18.6. The lowest BCUT2D eigenvalue weighted by Gasteiger charge is -2.20. The van der Waals surface area contributed by atoms with Crippen LogP contribution in [0.3, 0.4) is 0 Å². The molecule has 6 heterocycles. The minimum atomic E-state index is -1.06. The fraction of sp³-hybridized carbons (Fsp3) is 0.250. The third-order valence-electron chi connectivity index (χ3n) is 10.4. The van der Waals surface area contributed by atoms with Gasteiger partial charge in [-0.1, -0.05) is 19.1 Å². The Morgan fingerprint density at radius 3 is 1.25 bits per heavy atom. The van der Waals surface area contributed by atoms with E-state index in [1.165, 1.54) is 5.56 Å². The summed E-state index contributed by atoms with van der Waals surface area (Å²) in [7, 11) is 5.53. The number of nitrogens with zero attached hydrogens (tertiary/aromatic N) is 10. The highest BCUT2D eigenvalue weighted by Gasteiger charge is 2.24. The van der Waals surface area contributed by atoms with Gasteiger partial charge in [-0.2, -0.15) is 5.26 Å². The van der Waals surface area contributed by atoms with Crippen molar-refractivity contribution < 1.29 is 23.8 Å². The second-order valence-electron chi connectivity index (χ2n) is 18.3. The first kappa shape index (κ1) is 55.0. The van der Waals surface area contributed by atoms with E-state index in [4.69, 9.17) is 20.5 Å². The standard InChI is InChI=1S/C16H16N4.C15H15N5.C15H11N5.C10H18O5/c1-3-11-6-7-14-13(9-11)16(17-2)20-15(19-14)12-5-4-8-18-10-12;2*1-17-15-12-7-10(8-16)4-5-13(12)19-14(20-15)11-3-2-6-18-9-11;1-9(2,3)14-7(11)13-8(12)15-10(4,5)6/h4-10H,3H2,1-2H3,(H,17,19,20);2-7,9H,8,16H2,1H3,(H,17,19,20);2-7,9H,1H3,(H,17,19,20);1-6H3. The van der Waals surface area contributed by atoms with Gasteiger partial charge >= 0.3 is 12.3 Å². The number of fused-ring (bicyclic) bond motifs is 3. The normalized spacial score (nSPS) is 10.8. The smallest absolute Gasteiger partial charge is 0.428 e. The summed E-state index contributed by atoms with van der Waals surface area (Å²) in [5.74, 6) is 4.31. The topological polar surface area (TPSA) is 264 Å². The van der Waals surface area contributed by atoms with E-state index < -0.39 is 23.5 Å². The lowest BCUT2D eigenvalue weighted by atomic mass is 10.1. The zero-order valence-electron chi connectivity index (χ0n) is 43.6. The van der Waals surface area contributed by atoms with Gasteiger partial charge in [0.1, 0.15) is 28.7 Å². The number of anilines is 3. The molecule has 9 rings (SSSR count). The van der Waals surface area contributed by atoms with Crippen molar-refractivity contribution >= 4 is 62.5 Å². The van der Waals surface area contributed by atoms with Crippen LogP contribution in [-0.2, 0) is 27.2 Å². The number of hydrogen-bond donors (Lipinski definition) is 4. The van der Waals surface area contributed by atoms with Crippen molar-refractivity contribution in [3.63, 3.8) is 0 Å². The van der Waals surface area contributed by atoms with Crippen molar-refractivity contribution in [1.29, 1.82) is 5.26 Å². The molecule has 0 fully saturated rings. The lowest BCUT2D eigenvalue weighted by molar-refractivity contribution is -0.0293. The van der Waals surface area contributed by atoms with Gasteiger partial charge < -0.3 is 35.9 Å². The van der Waals surface area contributed by atoms with Gasteiger partial charge in [0.15, 0.2) is 17.5 Å². The summed E-state index contributed by atoms with van der Waals surface area (Å²) < 4.78 is 13.8. The van der Waals surface area contributed by atoms with Gasteiger partial charge in [0, 0.05) is 97.7 Å². The molecule has 0 aliphatic carbocycles. The molecule has 0 spiro atoms. The van der Waals surface area contributed by atoms with Crippen molar-refractivity contribution in [2.24, 2.45) is 5.73 Å². The van der Waals surface area contributed by atoms with Gasteiger partial charge in [0.05, 0.1) is 28.2 Å². The van der Waals surface area contributed by atoms with Gasteiger partial charge in [-0.05, 0) is 138 Å². The SMILES string of the molecule is CC(C)(C)OC(=O)OC(=O)OC(C)(C)C.CCc1ccc2nc(-c3cccnc3)nc(NC)c2c1.CNc1nc(-c2cccnc2)nc2ccc(C#N)cc12.CNc1nc(-c2cccnc2)nc2ccc(CN)cc12. The molecule has 19 heteroatoms. The second kappa shape index (κ2) is 25.4. The molecule has 0 saturated heterocycles. The summed E-state index contributed by atoms with van der Waals surface area (Å²) in [6, 6.07) is 31.2. The summed E-state index contributed by atoms with van der Waals surface area (Å²) in [4.78, 5) is 61.8.